The van der Waals surface area contributed by atoms with Crippen molar-refractivity contribution < 1.29 is 19.1 Å². The van der Waals surface area contributed by atoms with E-state index in [2.05, 4.69) is 10.3 Å². The van der Waals surface area contributed by atoms with Crippen molar-refractivity contribution in [1.29, 1.82) is 0 Å². The lowest BCUT2D eigenvalue weighted by molar-refractivity contribution is -0.144. The molecule has 0 saturated carbocycles. The lowest BCUT2D eigenvalue weighted by Gasteiger charge is -2.15. The predicted molar refractivity (Wildman–Crippen MR) is 137 cm³/mol. The summed E-state index contributed by atoms with van der Waals surface area (Å²) in [6.45, 7) is 3.81. The maximum Gasteiger partial charge on any atom is 0.328 e. The first kappa shape index (κ1) is 24.1. The van der Waals surface area contributed by atoms with Gasteiger partial charge in [-0.1, -0.05) is 54.2 Å². The standard InChI is InChI=1S/C27H25N3O4S/c1-4-21(26(33)34-3)30-22-15-14-19(25(32)28-20-8-6-5-7-9-20)16-23(22)35-27(30)29-24(31)18-12-10-17(2)11-13-18/h5-16,21H,4H2,1-3H3,(H,28,32)/b29-27-. The van der Waals surface area contributed by atoms with Crippen molar-refractivity contribution in [3.63, 3.8) is 0 Å². The van der Waals surface area contributed by atoms with Gasteiger partial charge in [0.05, 0.1) is 17.3 Å². The number of fused-ring (bicyclic) bond motifs is 1. The minimum Gasteiger partial charge on any atom is -0.467 e. The monoisotopic (exact) mass is 487 g/mol. The Hall–Kier alpha value is -4.04. The zero-order chi connectivity index (χ0) is 24.9. The molecule has 1 aromatic heterocycles. The summed E-state index contributed by atoms with van der Waals surface area (Å²) in [7, 11) is 1.33. The molecule has 0 spiro atoms. The number of nitrogens with zero attached hydrogens (tertiary/aromatic N) is 2. The Morgan fingerprint density at radius 3 is 2.34 bits per heavy atom. The molecule has 7 nitrogen and oxygen atoms in total. The number of nitrogens with one attached hydrogen (secondary N) is 1. The van der Waals surface area contributed by atoms with Crippen molar-refractivity contribution in [1.82, 2.24) is 4.57 Å². The molecule has 3 aromatic carbocycles. The second kappa shape index (κ2) is 10.5. The minimum atomic E-state index is -0.665. The predicted octanol–water partition coefficient (Wildman–Crippen LogP) is 5.13. The quantitative estimate of drug-likeness (QED) is 0.382. The molecule has 178 valence electrons. The zero-order valence-corrected chi connectivity index (χ0v) is 20.5. The molecule has 0 saturated heterocycles. The summed E-state index contributed by atoms with van der Waals surface area (Å²) in [6, 6.07) is 20.9. The largest absolute Gasteiger partial charge is 0.467 e. The molecule has 2 amide bonds. The number of aryl methyl sites for hydroxylation is 1. The van der Waals surface area contributed by atoms with E-state index in [9.17, 15) is 14.4 Å². The molecule has 1 N–H and O–H groups in total. The van der Waals surface area contributed by atoms with Crippen LogP contribution in [0.5, 0.6) is 0 Å². The van der Waals surface area contributed by atoms with Gasteiger partial charge in [0.25, 0.3) is 11.8 Å². The highest BCUT2D eigenvalue weighted by Crippen LogP contribution is 2.25. The number of carbonyl (C=O) groups is 3. The van der Waals surface area contributed by atoms with Crippen molar-refractivity contribution in [2.75, 3.05) is 12.4 Å². The number of hydrogen-bond donors (Lipinski definition) is 1. The van der Waals surface area contributed by atoms with Crippen molar-refractivity contribution in [2.24, 2.45) is 4.99 Å². The molecule has 35 heavy (non-hydrogen) atoms. The smallest absolute Gasteiger partial charge is 0.328 e. The Morgan fingerprint density at radius 2 is 1.69 bits per heavy atom. The number of amides is 2. The normalized spacial score (nSPS) is 12.4. The van der Waals surface area contributed by atoms with Crippen molar-refractivity contribution in [3.8, 4) is 0 Å². The van der Waals surface area contributed by atoms with Crippen LogP contribution in [0, 0.1) is 6.92 Å². The summed E-state index contributed by atoms with van der Waals surface area (Å²) in [6.07, 6.45) is 0.445. The average Bonchev–Trinajstić information content (AvgIpc) is 3.22. The van der Waals surface area contributed by atoms with Crippen LogP contribution in [0.25, 0.3) is 10.2 Å². The number of benzene rings is 3. The molecule has 1 unspecified atom stereocenters. The number of para-hydroxylation sites is 1. The van der Waals surface area contributed by atoms with E-state index < -0.39 is 17.9 Å². The van der Waals surface area contributed by atoms with Crippen LogP contribution in [-0.2, 0) is 9.53 Å². The molecule has 1 heterocycles. The number of ether oxygens (including phenoxy) is 1. The Morgan fingerprint density at radius 1 is 1.00 bits per heavy atom. The van der Waals surface area contributed by atoms with Gasteiger partial charge in [-0.3, -0.25) is 9.59 Å². The third-order valence-corrected chi connectivity index (χ3v) is 6.61. The molecule has 0 radical (unpaired) electrons. The first-order valence-corrected chi connectivity index (χ1v) is 12.0. The van der Waals surface area contributed by atoms with Crippen LogP contribution in [0.1, 0.15) is 45.7 Å². The number of rotatable bonds is 6. The highest BCUT2D eigenvalue weighted by molar-refractivity contribution is 7.16. The summed E-state index contributed by atoms with van der Waals surface area (Å²) in [5, 5.41) is 2.87. The fourth-order valence-electron chi connectivity index (χ4n) is 3.73. The number of esters is 1. The van der Waals surface area contributed by atoms with Gasteiger partial charge in [0.2, 0.25) is 0 Å². The van der Waals surface area contributed by atoms with Crippen LogP contribution < -0.4 is 10.1 Å². The third-order valence-electron chi connectivity index (χ3n) is 5.59. The molecule has 0 fully saturated rings. The first-order valence-electron chi connectivity index (χ1n) is 11.2. The van der Waals surface area contributed by atoms with Crippen LogP contribution in [0.4, 0.5) is 5.69 Å². The summed E-state index contributed by atoms with van der Waals surface area (Å²) in [5.41, 5.74) is 3.33. The number of methoxy groups -OCH3 is 1. The van der Waals surface area contributed by atoms with Gasteiger partial charge in [0.1, 0.15) is 6.04 Å². The van der Waals surface area contributed by atoms with Crippen molar-refractivity contribution >= 4 is 45.0 Å². The number of thiazole rings is 1. The number of aromatic nitrogens is 1. The molecule has 0 aliphatic carbocycles. The Kier molecular flexibility index (Phi) is 7.22. The number of anilines is 1. The van der Waals surface area contributed by atoms with Gasteiger partial charge >= 0.3 is 5.97 Å². The molecule has 8 heteroatoms. The number of carbonyl (C=O) groups excluding carboxylic acids is 3. The maximum atomic E-state index is 12.9. The highest BCUT2D eigenvalue weighted by atomic mass is 32.1. The molecular weight excluding hydrogens is 462 g/mol. The summed E-state index contributed by atoms with van der Waals surface area (Å²) >= 11 is 1.25. The molecule has 4 aromatic rings. The van der Waals surface area contributed by atoms with Crippen molar-refractivity contribution in [2.45, 2.75) is 26.3 Å². The van der Waals surface area contributed by atoms with E-state index in [4.69, 9.17) is 4.74 Å². The SMILES string of the molecule is CCC(C(=O)OC)n1/c(=N/C(=O)c2ccc(C)cc2)sc2cc(C(=O)Nc3ccccc3)ccc21. The molecule has 0 aliphatic heterocycles. The van der Waals surface area contributed by atoms with Crippen LogP contribution in [0.15, 0.2) is 77.8 Å². The lowest BCUT2D eigenvalue weighted by atomic mass is 10.1. The van der Waals surface area contributed by atoms with Crippen LogP contribution in [0.3, 0.4) is 0 Å². The van der Waals surface area contributed by atoms with Gasteiger partial charge in [0.15, 0.2) is 4.80 Å². The second-order valence-electron chi connectivity index (χ2n) is 7.99. The highest BCUT2D eigenvalue weighted by Gasteiger charge is 2.24. The molecule has 0 bridgehead atoms. The van der Waals surface area contributed by atoms with Gasteiger partial charge in [0, 0.05) is 16.8 Å². The Labute approximate surface area is 206 Å². The number of hydrogen-bond acceptors (Lipinski definition) is 5. The van der Waals surface area contributed by atoms with E-state index in [-0.39, 0.29) is 5.91 Å². The minimum absolute atomic E-state index is 0.257. The van der Waals surface area contributed by atoms with E-state index >= 15 is 0 Å². The summed E-state index contributed by atoms with van der Waals surface area (Å²) in [4.78, 5) is 43.1. The summed E-state index contributed by atoms with van der Waals surface area (Å²) in [5.74, 6) is -1.10. The lowest BCUT2D eigenvalue weighted by Crippen LogP contribution is -2.28. The summed E-state index contributed by atoms with van der Waals surface area (Å²) < 4.78 is 7.46. The molecule has 0 aliphatic rings. The molecular formula is C27H25N3O4S. The fraction of sp³-hybridized carbons (Fsp3) is 0.185. The first-order chi connectivity index (χ1) is 16.9. The van der Waals surface area contributed by atoms with Crippen LogP contribution >= 0.6 is 11.3 Å². The van der Waals surface area contributed by atoms with E-state index in [0.717, 1.165) is 10.3 Å². The maximum absolute atomic E-state index is 12.9. The topological polar surface area (TPSA) is 89.8 Å². The van der Waals surface area contributed by atoms with E-state index in [0.29, 0.717) is 33.6 Å². The van der Waals surface area contributed by atoms with E-state index in [1.54, 1.807) is 34.9 Å². The fourth-order valence-corrected chi connectivity index (χ4v) is 4.83. The van der Waals surface area contributed by atoms with Crippen molar-refractivity contribution in [3.05, 3.63) is 94.3 Å². The third kappa shape index (κ3) is 5.22. The second-order valence-corrected chi connectivity index (χ2v) is 9.00. The molecule has 4 rings (SSSR count). The zero-order valence-electron chi connectivity index (χ0n) is 19.6. The average molecular weight is 488 g/mol. The van der Waals surface area contributed by atoms with Gasteiger partial charge in [-0.15, -0.1) is 0 Å². The van der Waals surface area contributed by atoms with Crippen LogP contribution in [0.2, 0.25) is 0 Å². The van der Waals surface area contributed by atoms with Crippen LogP contribution in [-0.4, -0.2) is 29.5 Å². The van der Waals surface area contributed by atoms with Gasteiger partial charge in [-0.2, -0.15) is 4.99 Å². The molecule has 1 atom stereocenters. The van der Waals surface area contributed by atoms with Gasteiger partial charge in [-0.05, 0) is 55.8 Å². The van der Waals surface area contributed by atoms with E-state index in [1.165, 1.54) is 18.4 Å². The Bertz CT molecular complexity index is 1450. The van der Waals surface area contributed by atoms with Gasteiger partial charge < -0.3 is 14.6 Å². The van der Waals surface area contributed by atoms with Gasteiger partial charge in [-0.25, -0.2) is 4.79 Å². The van der Waals surface area contributed by atoms with E-state index in [1.807, 2.05) is 56.3 Å². The Balaban J connectivity index is 1.81.